The van der Waals surface area contributed by atoms with E-state index in [0.717, 1.165) is 30.6 Å². The molecule has 7 nitrogen and oxygen atoms in total. The minimum absolute atomic E-state index is 0. The quantitative estimate of drug-likeness (QED) is 0.760. The molecule has 31 heavy (non-hydrogen) atoms. The van der Waals surface area contributed by atoms with Crippen molar-refractivity contribution in [1.82, 2.24) is 5.32 Å². The highest BCUT2D eigenvalue weighted by molar-refractivity contribution is 5.97. The lowest BCUT2D eigenvalue weighted by molar-refractivity contribution is -0.119. The van der Waals surface area contributed by atoms with Crippen LogP contribution in [0.5, 0.6) is 11.5 Å². The number of amides is 2. The molecular weight excluding hydrogens is 396 g/mol. The van der Waals surface area contributed by atoms with E-state index in [1.165, 1.54) is 0 Å². The van der Waals surface area contributed by atoms with Gasteiger partial charge in [0.2, 0.25) is 5.91 Å². The third kappa shape index (κ3) is 5.24. The first kappa shape index (κ1) is 21.3. The SMILES string of the molecule is Cc1ccccc1Oc1ccccc1C(=O)N[C@H]1CO[C@@H]2CCO[C@H]12.NC(=O)C1CC1.[HH].[HH]. The fourth-order valence-electron chi connectivity index (χ4n) is 3.74. The predicted molar refractivity (Wildman–Crippen MR) is 119 cm³/mol. The second kappa shape index (κ2) is 9.49. The first-order chi connectivity index (χ1) is 15.0. The van der Waals surface area contributed by atoms with E-state index < -0.39 is 0 Å². The monoisotopic (exact) mass is 428 g/mol. The van der Waals surface area contributed by atoms with Gasteiger partial charge in [-0.15, -0.1) is 0 Å². The van der Waals surface area contributed by atoms with Gasteiger partial charge in [0, 0.05) is 15.4 Å². The molecule has 7 heteroatoms. The summed E-state index contributed by atoms with van der Waals surface area (Å²) in [6.45, 7) is 3.15. The van der Waals surface area contributed by atoms with Gasteiger partial charge in [-0.25, -0.2) is 0 Å². The van der Waals surface area contributed by atoms with E-state index in [-0.39, 0.29) is 38.8 Å². The third-order valence-corrected chi connectivity index (χ3v) is 5.71. The van der Waals surface area contributed by atoms with Gasteiger partial charge in [0.15, 0.2) is 0 Å². The van der Waals surface area contributed by atoms with Crippen LogP contribution in [0.4, 0.5) is 0 Å². The van der Waals surface area contributed by atoms with E-state index in [0.29, 0.717) is 24.5 Å². The van der Waals surface area contributed by atoms with Gasteiger partial charge < -0.3 is 25.3 Å². The van der Waals surface area contributed by atoms with Crippen LogP contribution in [0.3, 0.4) is 0 Å². The van der Waals surface area contributed by atoms with Crippen LogP contribution in [0.25, 0.3) is 0 Å². The van der Waals surface area contributed by atoms with Gasteiger partial charge in [-0.2, -0.15) is 0 Å². The minimum Gasteiger partial charge on any atom is -0.456 e. The topological polar surface area (TPSA) is 99.9 Å². The summed E-state index contributed by atoms with van der Waals surface area (Å²) in [5.74, 6) is 1.22. The van der Waals surface area contributed by atoms with E-state index >= 15 is 0 Å². The summed E-state index contributed by atoms with van der Waals surface area (Å²) in [4.78, 5) is 22.8. The van der Waals surface area contributed by atoms with Crippen LogP contribution < -0.4 is 15.8 Å². The molecule has 0 bridgehead atoms. The fraction of sp³-hybridized carbons (Fsp3) is 0.417. The number of benzene rings is 2. The molecule has 2 saturated heterocycles. The summed E-state index contributed by atoms with van der Waals surface area (Å²) >= 11 is 0. The number of hydrogen-bond donors (Lipinski definition) is 2. The summed E-state index contributed by atoms with van der Waals surface area (Å²) < 4.78 is 17.4. The van der Waals surface area contributed by atoms with Crippen molar-refractivity contribution in [3.05, 3.63) is 59.7 Å². The van der Waals surface area contributed by atoms with Crippen molar-refractivity contribution in [1.29, 1.82) is 0 Å². The summed E-state index contributed by atoms with van der Waals surface area (Å²) in [6, 6.07) is 14.9. The van der Waals surface area contributed by atoms with Gasteiger partial charge in [-0.1, -0.05) is 30.3 Å². The zero-order valence-electron chi connectivity index (χ0n) is 17.6. The number of nitrogens with two attached hydrogens (primary N) is 1. The Bertz CT molecular complexity index is 954. The Balaban J connectivity index is 0.000000422. The van der Waals surface area contributed by atoms with E-state index in [1.807, 2.05) is 43.3 Å². The Hall–Kier alpha value is -2.90. The van der Waals surface area contributed by atoms with Crippen LogP contribution >= 0.6 is 0 Å². The molecule has 0 unspecified atom stereocenters. The number of nitrogens with one attached hydrogen (secondary N) is 1. The Morgan fingerprint density at radius 3 is 2.42 bits per heavy atom. The largest absolute Gasteiger partial charge is 0.456 e. The number of primary amides is 1. The fourth-order valence-corrected chi connectivity index (χ4v) is 3.74. The number of hydrogen-bond acceptors (Lipinski definition) is 5. The molecule has 0 radical (unpaired) electrons. The molecule has 3 aliphatic rings. The highest BCUT2D eigenvalue weighted by atomic mass is 16.6. The second-order valence-electron chi connectivity index (χ2n) is 8.12. The maximum atomic E-state index is 12.8. The molecule has 2 aliphatic heterocycles. The van der Waals surface area contributed by atoms with Crippen LogP contribution in [0.1, 0.15) is 38.0 Å². The Labute approximate surface area is 184 Å². The maximum absolute atomic E-state index is 12.8. The molecule has 3 atom stereocenters. The highest BCUT2D eigenvalue weighted by Crippen LogP contribution is 2.30. The molecule has 0 aromatic heterocycles. The van der Waals surface area contributed by atoms with Crippen molar-refractivity contribution < 1.29 is 26.7 Å². The van der Waals surface area contributed by atoms with Crippen molar-refractivity contribution in [3.8, 4) is 11.5 Å². The second-order valence-corrected chi connectivity index (χ2v) is 8.12. The Kier molecular flexibility index (Phi) is 6.53. The normalized spacial score (nSPS) is 24.0. The molecule has 2 aromatic rings. The molecule has 0 spiro atoms. The van der Waals surface area contributed by atoms with E-state index in [2.05, 4.69) is 5.32 Å². The lowest BCUT2D eigenvalue weighted by Crippen LogP contribution is -2.43. The van der Waals surface area contributed by atoms with Crippen molar-refractivity contribution in [3.63, 3.8) is 0 Å². The van der Waals surface area contributed by atoms with Gasteiger partial charge in [-0.3, -0.25) is 9.59 Å². The van der Waals surface area contributed by atoms with Gasteiger partial charge in [-0.05, 0) is 49.9 Å². The summed E-state index contributed by atoms with van der Waals surface area (Å²) in [5, 5.41) is 3.04. The average molecular weight is 429 g/mol. The Morgan fingerprint density at radius 2 is 1.74 bits per heavy atom. The third-order valence-electron chi connectivity index (χ3n) is 5.71. The van der Waals surface area contributed by atoms with Crippen LogP contribution in [-0.2, 0) is 14.3 Å². The van der Waals surface area contributed by atoms with Gasteiger partial charge in [0.1, 0.15) is 17.6 Å². The molecule has 2 amide bonds. The minimum atomic E-state index is -0.172. The van der Waals surface area contributed by atoms with Gasteiger partial charge in [0.05, 0.1) is 24.3 Å². The lowest BCUT2D eigenvalue weighted by atomic mass is 10.1. The van der Waals surface area contributed by atoms with Crippen molar-refractivity contribution in [2.45, 2.75) is 44.4 Å². The van der Waals surface area contributed by atoms with Crippen molar-refractivity contribution >= 4 is 11.8 Å². The van der Waals surface area contributed by atoms with Crippen LogP contribution in [0, 0.1) is 12.8 Å². The zero-order valence-corrected chi connectivity index (χ0v) is 17.6. The summed E-state index contributed by atoms with van der Waals surface area (Å²) in [7, 11) is 0. The smallest absolute Gasteiger partial charge is 0.255 e. The van der Waals surface area contributed by atoms with Crippen molar-refractivity contribution in [2.24, 2.45) is 11.7 Å². The number of para-hydroxylation sites is 2. The number of aryl methyl sites for hydroxylation is 1. The summed E-state index contributed by atoms with van der Waals surface area (Å²) in [6.07, 6.45) is 2.99. The molecule has 1 aliphatic carbocycles. The van der Waals surface area contributed by atoms with Crippen LogP contribution in [0.2, 0.25) is 0 Å². The molecule has 2 heterocycles. The summed E-state index contributed by atoms with van der Waals surface area (Å²) in [5.41, 5.74) is 6.38. The van der Waals surface area contributed by atoms with Crippen LogP contribution in [-0.4, -0.2) is 43.3 Å². The van der Waals surface area contributed by atoms with E-state index in [1.54, 1.807) is 12.1 Å². The van der Waals surface area contributed by atoms with Gasteiger partial charge >= 0.3 is 0 Å². The average Bonchev–Trinajstić information content (AvgIpc) is 3.41. The number of ether oxygens (including phenoxy) is 3. The molecule has 1 saturated carbocycles. The van der Waals surface area contributed by atoms with Gasteiger partial charge in [0.25, 0.3) is 5.91 Å². The Morgan fingerprint density at radius 1 is 1.03 bits per heavy atom. The molecule has 5 rings (SSSR count). The van der Waals surface area contributed by atoms with Crippen LogP contribution in [0.15, 0.2) is 48.5 Å². The molecule has 3 N–H and O–H groups in total. The maximum Gasteiger partial charge on any atom is 0.255 e. The number of fused-ring (bicyclic) bond motifs is 1. The first-order valence-corrected chi connectivity index (χ1v) is 10.7. The zero-order chi connectivity index (χ0) is 21.8. The highest BCUT2D eigenvalue weighted by Gasteiger charge is 2.42. The van der Waals surface area contributed by atoms with Crippen molar-refractivity contribution in [2.75, 3.05) is 13.2 Å². The van der Waals surface area contributed by atoms with E-state index in [4.69, 9.17) is 19.9 Å². The standard InChI is InChI=1S/C20H21NO4.C4H7NO.2H2/c1-13-6-2-4-8-16(13)25-17-9-5-3-7-14(17)20(22)21-15-12-24-18-10-11-23-19(15)18;5-4(6)3-1-2-3;;/h2-9,15,18-19H,10-12H2,1H3,(H,21,22);3H,1-2H2,(H2,5,6);2*1H/t15-,18+,19+;;;/m0.../s1. The number of carbonyl (C=O) groups is 2. The first-order valence-electron chi connectivity index (χ1n) is 10.7. The predicted octanol–water partition coefficient (Wildman–Crippen LogP) is 3.45. The lowest BCUT2D eigenvalue weighted by Gasteiger charge is -2.19. The molecular formula is C24H32N2O5. The van der Waals surface area contributed by atoms with E-state index in [9.17, 15) is 9.59 Å². The number of carbonyl (C=O) groups excluding carboxylic acids is 2. The molecule has 2 aromatic carbocycles. The number of rotatable bonds is 5. The molecule has 168 valence electrons. The molecule has 3 fully saturated rings.